The van der Waals surface area contributed by atoms with E-state index in [2.05, 4.69) is 59.5 Å². The van der Waals surface area contributed by atoms with E-state index < -0.39 is 0 Å². The molecule has 0 amide bonds. The summed E-state index contributed by atoms with van der Waals surface area (Å²) < 4.78 is 13.1. The number of carbonyl (C=O) groups excluding carboxylic acids is 1. The summed E-state index contributed by atoms with van der Waals surface area (Å²) in [7, 11) is 0. The van der Waals surface area contributed by atoms with Crippen molar-refractivity contribution in [3.63, 3.8) is 0 Å². The van der Waals surface area contributed by atoms with E-state index in [1.807, 2.05) is 0 Å². The maximum atomic E-state index is 13.1. The second kappa shape index (κ2) is 8.76. The van der Waals surface area contributed by atoms with E-state index in [1.54, 1.807) is 12.1 Å². The van der Waals surface area contributed by atoms with Crippen LogP contribution in [0.2, 0.25) is 0 Å². The predicted octanol–water partition coefficient (Wildman–Crippen LogP) is 5.72. The minimum Gasteiger partial charge on any atom is -0.303 e. The predicted molar refractivity (Wildman–Crippen MR) is 122 cm³/mol. The third kappa shape index (κ3) is 4.20. The van der Waals surface area contributed by atoms with Crippen LogP contribution in [-0.4, -0.2) is 30.3 Å². The Hall–Kier alpha value is -2.78. The summed E-state index contributed by atoms with van der Waals surface area (Å²) in [6, 6.07) is 25.8. The molecule has 0 N–H and O–H groups in total. The van der Waals surface area contributed by atoms with E-state index in [0.717, 1.165) is 32.5 Å². The number of ketones is 1. The van der Waals surface area contributed by atoms with Crippen LogP contribution in [0.15, 0.2) is 78.9 Å². The molecule has 1 aliphatic carbocycles. The van der Waals surface area contributed by atoms with Gasteiger partial charge >= 0.3 is 0 Å². The molecule has 1 heterocycles. The van der Waals surface area contributed by atoms with Crippen LogP contribution in [-0.2, 0) is 6.42 Å². The Kier molecular flexibility index (Phi) is 5.69. The number of benzene rings is 3. The first kappa shape index (κ1) is 20.1. The lowest BCUT2D eigenvalue weighted by molar-refractivity contribution is 0.0976. The SMILES string of the molecule is O=C(CCCN1CC2Cc3ccccc3C(c3ccccc3)C2C1)c1ccc(F)cc1. The van der Waals surface area contributed by atoms with Gasteiger partial charge in [0, 0.05) is 31.0 Å². The highest BCUT2D eigenvalue weighted by atomic mass is 19.1. The van der Waals surface area contributed by atoms with E-state index in [4.69, 9.17) is 0 Å². The summed E-state index contributed by atoms with van der Waals surface area (Å²) in [6.45, 7) is 3.13. The molecule has 0 saturated carbocycles. The van der Waals surface area contributed by atoms with Gasteiger partial charge in [-0.05, 0) is 72.2 Å². The van der Waals surface area contributed by atoms with Crippen molar-refractivity contribution in [2.45, 2.75) is 25.2 Å². The molecule has 3 aromatic carbocycles. The zero-order valence-electron chi connectivity index (χ0n) is 17.7. The van der Waals surface area contributed by atoms with Crippen LogP contribution in [0.3, 0.4) is 0 Å². The maximum Gasteiger partial charge on any atom is 0.162 e. The number of Topliss-reactive ketones (excluding diaryl/α,β-unsaturated/α-hetero) is 1. The van der Waals surface area contributed by atoms with Crippen molar-refractivity contribution in [2.24, 2.45) is 11.8 Å². The van der Waals surface area contributed by atoms with Crippen molar-refractivity contribution in [1.82, 2.24) is 4.90 Å². The fourth-order valence-corrected chi connectivity index (χ4v) is 5.63. The number of hydrogen-bond acceptors (Lipinski definition) is 2. The fraction of sp³-hybridized carbons (Fsp3) is 0.321. The van der Waals surface area contributed by atoms with Crippen LogP contribution in [0.5, 0.6) is 0 Å². The highest BCUT2D eigenvalue weighted by Gasteiger charge is 2.42. The van der Waals surface area contributed by atoms with Gasteiger partial charge in [-0.25, -0.2) is 4.39 Å². The van der Waals surface area contributed by atoms with E-state index in [1.165, 1.54) is 28.8 Å². The average Bonchev–Trinajstić information content (AvgIpc) is 3.20. The van der Waals surface area contributed by atoms with Crippen molar-refractivity contribution in [2.75, 3.05) is 19.6 Å². The summed E-state index contributed by atoms with van der Waals surface area (Å²) in [5.41, 5.74) is 5.00. The third-order valence-electron chi connectivity index (χ3n) is 7.07. The summed E-state index contributed by atoms with van der Waals surface area (Å²) in [5, 5.41) is 0. The summed E-state index contributed by atoms with van der Waals surface area (Å²) in [5.74, 6) is 1.52. The molecule has 1 saturated heterocycles. The van der Waals surface area contributed by atoms with Crippen LogP contribution in [0, 0.1) is 17.7 Å². The Morgan fingerprint density at radius 1 is 0.903 bits per heavy atom. The lowest BCUT2D eigenvalue weighted by Crippen LogP contribution is -2.29. The fourth-order valence-electron chi connectivity index (χ4n) is 5.63. The van der Waals surface area contributed by atoms with Gasteiger partial charge in [0.25, 0.3) is 0 Å². The Morgan fingerprint density at radius 2 is 1.65 bits per heavy atom. The Labute approximate surface area is 183 Å². The molecule has 2 aliphatic rings. The van der Waals surface area contributed by atoms with Gasteiger partial charge in [-0.2, -0.15) is 0 Å². The van der Waals surface area contributed by atoms with Gasteiger partial charge in [0.1, 0.15) is 5.82 Å². The zero-order chi connectivity index (χ0) is 21.2. The number of halogens is 1. The molecule has 3 aromatic rings. The molecule has 5 rings (SSSR count). The van der Waals surface area contributed by atoms with Gasteiger partial charge in [-0.15, -0.1) is 0 Å². The monoisotopic (exact) mass is 413 g/mol. The van der Waals surface area contributed by atoms with E-state index in [9.17, 15) is 9.18 Å². The van der Waals surface area contributed by atoms with E-state index in [-0.39, 0.29) is 11.6 Å². The Bertz CT molecular complexity index is 1050. The van der Waals surface area contributed by atoms with E-state index in [0.29, 0.717) is 29.7 Å². The number of hydrogen-bond donors (Lipinski definition) is 0. The van der Waals surface area contributed by atoms with Crippen LogP contribution in [0.4, 0.5) is 4.39 Å². The second-order valence-electron chi connectivity index (χ2n) is 9.01. The molecule has 1 aliphatic heterocycles. The Balaban J connectivity index is 1.26. The zero-order valence-corrected chi connectivity index (χ0v) is 17.7. The normalized spacial score (nSPS) is 22.7. The van der Waals surface area contributed by atoms with Crippen molar-refractivity contribution in [3.05, 3.63) is 107 Å². The van der Waals surface area contributed by atoms with Gasteiger partial charge in [-0.3, -0.25) is 4.79 Å². The molecule has 158 valence electrons. The number of fused-ring (bicyclic) bond motifs is 2. The van der Waals surface area contributed by atoms with Crippen LogP contribution in [0.1, 0.15) is 45.8 Å². The largest absolute Gasteiger partial charge is 0.303 e. The number of carbonyl (C=O) groups is 1. The molecular formula is C28H28FNO. The van der Waals surface area contributed by atoms with Gasteiger partial charge < -0.3 is 4.90 Å². The highest BCUT2D eigenvalue weighted by Crippen LogP contribution is 2.46. The highest BCUT2D eigenvalue weighted by molar-refractivity contribution is 5.95. The van der Waals surface area contributed by atoms with E-state index >= 15 is 0 Å². The van der Waals surface area contributed by atoms with Crippen molar-refractivity contribution in [1.29, 1.82) is 0 Å². The molecular weight excluding hydrogens is 385 g/mol. The summed E-state index contributed by atoms with van der Waals surface area (Å²) in [4.78, 5) is 15.0. The summed E-state index contributed by atoms with van der Waals surface area (Å²) in [6.07, 6.45) is 2.51. The van der Waals surface area contributed by atoms with Gasteiger partial charge in [0.05, 0.1) is 0 Å². The first-order valence-electron chi connectivity index (χ1n) is 11.3. The van der Waals surface area contributed by atoms with Crippen molar-refractivity contribution < 1.29 is 9.18 Å². The number of nitrogens with zero attached hydrogens (tertiary/aromatic N) is 1. The molecule has 0 aromatic heterocycles. The minimum atomic E-state index is -0.301. The van der Waals surface area contributed by atoms with Crippen LogP contribution in [0.25, 0.3) is 0 Å². The van der Waals surface area contributed by atoms with Crippen molar-refractivity contribution in [3.8, 4) is 0 Å². The van der Waals surface area contributed by atoms with Crippen LogP contribution >= 0.6 is 0 Å². The second-order valence-corrected chi connectivity index (χ2v) is 9.01. The molecule has 3 atom stereocenters. The molecule has 0 radical (unpaired) electrons. The molecule has 0 spiro atoms. The first-order valence-corrected chi connectivity index (χ1v) is 11.3. The minimum absolute atomic E-state index is 0.103. The molecule has 3 heteroatoms. The smallest absolute Gasteiger partial charge is 0.162 e. The van der Waals surface area contributed by atoms with Gasteiger partial charge in [0.15, 0.2) is 5.78 Å². The molecule has 3 unspecified atom stereocenters. The molecule has 1 fully saturated rings. The molecule has 0 bridgehead atoms. The molecule has 31 heavy (non-hydrogen) atoms. The van der Waals surface area contributed by atoms with Crippen LogP contribution < -0.4 is 0 Å². The average molecular weight is 414 g/mol. The van der Waals surface area contributed by atoms with Gasteiger partial charge in [0.2, 0.25) is 0 Å². The number of rotatable bonds is 6. The summed E-state index contributed by atoms with van der Waals surface area (Å²) >= 11 is 0. The standard InChI is InChI=1S/C28H28FNO/c29-24-14-12-20(13-15-24)27(31)11-6-16-30-18-23-17-22-9-4-5-10-25(22)28(26(23)19-30)21-7-2-1-3-8-21/h1-5,7-10,12-15,23,26,28H,6,11,16-19H2. The lowest BCUT2D eigenvalue weighted by Gasteiger charge is -2.35. The lowest BCUT2D eigenvalue weighted by atomic mass is 9.68. The number of likely N-dealkylation sites (tertiary alicyclic amines) is 1. The topological polar surface area (TPSA) is 20.3 Å². The third-order valence-corrected chi connectivity index (χ3v) is 7.07. The Morgan fingerprint density at radius 3 is 2.45 bits per heavy atom. The molecule has 2 nitrogen and oxygen atoms in total. The van der Waals surface area contributed by atoms with Crippen molar-refractivity contribution >= 4 is 5.78 Å². The maximum absolute atomic E-state index is 13.1. The first-order chi connectivity index (χ1) is 15.2. The van der Waals surface area contributed by atoms with Gasteiger partial charge in [-0.1, -0.05) is 54.6 Å². The quantitative estimate of drug-likeness (QED) is 0.482.